The molecular formula is C22H23F2NO3. The largest absolute Gasteiger partial charge is 0.508 e. The maximum Gasteiger partial charge on any atom is 0.176 e. The Bertz CT molecular complexity index is 870. The zero-order valence-electron chi connectivity index (χ0n) is 15.4. The number of ketones is 1. The molecule has 6 heteroatoms. The normalized spacial score (nSPS) is 27.1. The number of aromatic hydroxyl groups is 1. The lowest BCUT2D eigenvalue weighted by Crippen LogP contribution is -2.34. The summed E-state index contributed by atoms with van der Waals surface area (Å²) in [5, 5.41) is 20.3. The van der Waals surface area contributed by atoms with Crippen molar-refractivity contribution in [1.82, 2.24) is 4.90 Å². The first kappa shape index (κ1) is 19.0. The summed E-state index contributed by atoms with van der Waals surface area (Å²) in [6.07, 6.45) is 1.29. The van der Waals surface area contributed by atoms with Crippen LogP contribution in [0.4, 0.5) is 8.78 Å². The number of likely N-dealkylation sites (tertiary alicyclic amines) is 1. The van der Waals surface area contributed by atoms with Gasteiger partial charge in [0.05, 0.1) is 12.1 Å². The van der Waals surface area contributed by atoms with E-state index in [9.17, 15) is 23.8 Å². The Kier molecular flexibility index (Phi) is 4.93. The lowest BCUT2D eigenvalue weighted by molar-refractivity contribution is 0.0347. The van der Waals surface area contributed by atoms with Crippen LogP contribution in [0.3, 0.4) is 0 Å². The van der Waals surface area contributed by atoms with Crippen molar-refractivity contribution in [2.24, 2.45) is 11.8 Å². The summed E-state index contributed by atoms with van der Waals surface area (Å²) in [6, 6.07) is 9.70. The highest BCUT2D eigenvalue weighted by molar-refractivity contribution is 5.97. The van der Waals surface area contributed by atoms with Gasteiger partial charge in [-0.1, -0.05) is 6.07 Å². The third kappa shape index (κ3) is 3.93. The van der Waals surface area contributed by atoms with E-state index in [0.29, 0.717) is 30.5 Å². The molecule has 1 heterocycles. The van der Waals surface area contributed by atoms with E-state index < -0.39 is 17.2 Å². The number of fused-ring (bicyclic) bond motifs is 1. The van der Waals surface area contributed by atoms with Gasteiger partial charge in [-0.05, 0) is 60.6 Å². The Balaban J connectivity index is 1.35. The fraction of sp³-hybridized carbons (Fsp3) is 0.409. The van der Waals surface area contributed by atoms with E-state index in [1.807, 2.05) is 0 Å². The Morgan fingerprint density at radius 3 is 2.32 bits per heavy atom. The van der Waals surface area contributed by atoms with Gasteiger partial charge in [-0.2, -0.15) is 0 Å². The second kappa shape index (κ2) is 7.26. The van der Waals surface area contributed by atoms with Crippen LogP contribution in [0.5, 0.6) is 5.75 Å². The third-order valence-electron chi connectivity index (χ3n) is 6.03. The van der Waals surface area contributed by atoms with Crippen molar-refractivity contribution < 1.29 is 23.8 Å². The number of halogens is 2. The molecule has 0 radical (unpaired) electrons. The SMILES string of the molecule is O=C(CN1CC2CC(O)(Cc3ccc(F)cc3F)CC2C1)c1ccc(O)cc1. The van der Waals surface area contributed by atoms with Crippen LogP contribution >= 0.6 is 0 Å². The highest BCUT2D eigenvalue weighted by Gasteiger charge is 2.48. The highest BCUT2D eigenvalue weighted by atomic mass is 19.1. The Hall–Kier alpha value is -2.31. The number of nitrogens with zero attached hydrogens (tertiary/aromatic N) is 1. The second-order valence-electron chi connectivity index (χ2n) is 8.23. The summed E-state index contributed by atoms with van der Waals surface area (Å²) < 4.78 is 27.0. The smallest absolute Gasteiger partial charge is 0.176 e. The molecule has 0 bridgehead atoms. The molecule has 28 heavy (non-hydrogen) atoms. The molecule has 1 saturated heterocycles. The van der Waals surface area contributed by atoms with Crippen molar-refractivity contribution >= 4 is 5.78 Å². The lowest BCUT2D eigenvalue weighted by Gasteiger charge is -2.26. The minimum Gasteiger partial charge on any atom is -0.508 e. The lowest BCUT2D eigenvalue weighted by atomic mass is 9.91. The summed E-state index contributed by atoms with van der Waals surface area (Å²) in [5.41, 5.74) is -0.0810. The summed E-state index contributed by atoms with van der Waals surface area (Å²) in [6.45, 7) is 1.76. The molecule has 2 unspecified atom stereocenters. The molecule has 2 aromatic carbocycles. The molecule has 2 aromatic rings. The number of hydrogen-bond acceptors (Lipinski definition) is 4. The number of Topliss-reactive ketones (excluding diaryl/α,β-unsaturated/α-hetero) is 1. The minimum atomic E-state index is -0.985. The number of hydrogen-bond donors (Lipinski definition) is 2. The number of carbonyl (C=O) groups excluding carboxylic acids is 1. The summed E-state index contributed by atoms with van der Waals surface area (Å²) in [7, 11) is 0. The van der Waals surface area contributed by atoms with Gasteiger partial charge in [0.1, 0.15) is 17.4 Å². The average molecular weight is 387 g/mol. The van der Waals surface area contributed by atoms with Crippen molar-refractivity contribution in [2.75, 3.05) is 19.6 Å². The standard InChI is InChI=1S/C22H23F2NO3/c23-18-4-1-15(20(24)7-18)8-22(28)9-16-11-25(12-17(16)10-22)13-21(27)14-2-5-19(26)6-3-14/h1-7,16-17,26,28H,8-13H2. The van der Waals surface area contributed by atoms with Crippen LogP contribution in [0.15, 0.2) is 42.5 Å². The fourth-order valence-corrected chi connectivity index (χ4v) is 4.79. The van der Waals surface area contributed by atoms with Crippen LogP contribution < -0.4 is 0 Å². The Labute approximate surface area is 162 Å². The van der Waals surface area contributed by atoms with Crippen molar-refractivity contribution in [3.63, 3.8) is 0 Å². The highest BCUT2D eigenvalue weighted by Crippen LogP contribution is 2.45. The zero-order valence-corrected chi connectivity index (χ0v) is 15.4. The van der Waals surface area contributed by atoms with Crippen molar-refractivity contribution in [1.29, 1.82) is 0 Å². The minimum absolute atomic E-state index is 0.00335. The van der Waals surface area contributed by atoms with Gasteiger partial charge in [0.25, 0.3) is 0 Å². The predicted molar refractivity (Wildman–Crippen MR) is 100 cm³/mol. The maximum absolute atomic E-state index is 13.9. The van der Waals surface area contributed by atoms with Crippen molar-refractivity contribution in [3.05, 3.63) is 65.2 Å². The zero-order chi connectivity index (χ0) is 19.9. The van der Waals surface area contributed by atoms with Gasteiger partial charge in [0, 0.05) is 31.1 Å². The molecule has 1 saturated carbocycles. The first-order valence-electron chi connectivity index (χ1n) is 9.52. The number of phenolic OH excluding ortho intramolecular Hbond substituents is 1. The molecule has 4 rings (SSSR count). The summed E-state index contributed by atoms with van der Waals surface area (Å²) in [4.78, 5) is 14.5. The maximum atomic E-state index is 13.9. The van der Waals surface area contributed by atoms with Gasteiger partial charge in [0.15, 0.2) is 5.78 Å². The van der Waals surface area contributed by atoms with Crippen molar-refractivity contribution in [3.8, 4) is 5.75 Å². The van der Waals surface area contributed by atoms with E-state index in [2.05, 4.69) is 4.90 Å². The van der Waals surface area contributed by atoms with E-state index in [4.69, 9.17) is 0 Å². The van der Waals surface area contributed by atoms with Crippen LogP contribution in [0, 0.1) is 23.5 Å². The first-order chi connectivity index (χ1) is 13.3. The molecule has 2 fully saturated rings. The van der Waals surface area contributed by atoms with E-state index in [1.165, 1.54) is 24.3 Å². The van der Waals surface area contributed by atoms with Gasteiger partial charge in [-0.15, -0.1) is 0 Å². The molecule has 0 spiro atoms. The predicted octanol–water partition coefficient (Wildman–Crippen LogP) is 3.17. The van der Waals surface area contributed by atoms with Crippen molar-refractivity contribution in [2.45, 2.75) is 24.9 Å². The molecule has 0 aromatic heterocycles. The molecule has 148 valence electrons. The molecule has 1 aliphatic heterocycles. The molecule has 4 nitrogen and oxygen atoms in total. The number of benzene rings is 2. The number of rotatable bonds is 5. The van der Waals surface area contributed by atoms with E-state index >= 15 is 0 Å². The van der Waals surface area contributed by atoms with E-state index in [-0.39, 0.29) is 29.8 Å². The fourth-order valence-electron chi connectivity index (χ4n) is 4.79. The first-order valence-corrected chi connectivity index (χ1v) is 9.52. The van der Waals surface area contributed by atoms with Gasteiger partial charge >= 0.3 is 0 Å². The molecule has 2 atom stereocenters. The van der Waals surface area contributed by atoms with Gasteiger partial charge < -0.3 is 10.2 Å². The average Bonchev–Trinajstić information content (AvgIpc) is 3.12. The number of aliphatic hydroxyl groups is 1. The molecule has 2 N–H and O–H groups in total. The van der Waals surface area contributed by atoms with Crippen LogP contribution in [-0.2, 0) is 6.42 Å². The van der Waals surface area contributed by atoms with E-state index in [0.717, 1.165) is 19.2 Å². The van der Waals surface area contributed by atoms with Gasteiger partial charge in [-0.3, -0.25) is 9.69 Å². The monoisotopic (exact) mass is 387 g/mol. The summed E-state index contributed by atoms with van der Waals surface area (Å²) >= 11 is 0. The molecule has 2 aliphatic rings. The van der Waals surface area contributed by atoms with Crippen LogP contribution in [0.1, 0.15) is 28.8 Å². The quantitative estimate of drug-likeness (QED) is 0.774. The van der Waals surface area contributed by atoms with Gasteiger partial charge in [0.2, 0.25) is 0 Å². The third-order valence-corrected chi connectivity index (χ3v) is 6.03. The molecule has 0 amide bonds. The molecular weight excluding hydrogens is 364 g/mol. The van der Waals surface area contributed by atoms with E-state index in [1.54, 1.807) is 12.1 Å². The Morgan fingerprint density at radius 2 is 1.71 bits per heavy atom. The topological polar surface area (TPSA) is 60.8 Å². The Morgan fingerprint density at radius 1 is 1.07 bits per heavy atom. The van der Waals surface area contributed by atoms with Crippen LogP contribution in [-0.4, -0.2) is 46.1 Å². The van der Waals surface area contributed by atoms with Gasteiger partial charge in [-0.25, -0.2) is 8.78 Å². The van der Waals surface area contributed by atoms with Crippen LogP contribution in [0.25, 0.3) is 0 Å². The van der Waals surface area contributed by atoms with Crippen LogP contribution in [0.2, 0.25) is 0 Å². The number of carbonyl (C=O) groups is 1. The summed E-state index contributed by atoms with van der Waals surface area (Å²) in [5.74, 6) is -0.577. The second-order valence-corrected chi connectivity index (χ2v) is 8.23. The molecule has 1 aliphatic carbocycles. The number of phenols is 1.